The number of para-hydroxylation sites is 1. The Morgan fingerprint density at radius 3 is 2.68 bits per heavy atom. The summed E-state index contributed by atoms with van der Waals surface area (Å²) in [7, 11) is 2.92. The van der Waals surface area contributed by atoms with Gasteiger partial charge in [0.1, 0.15) is 6.04 Å². The molecule has 0 spiro atoms. The van der Waals surface area contributed by atoms with Crippen LogP contribution in [-0.2, 0) is 14.3 Å². The Morgan fingerprint density at radius 1 is 1.27 bits per heavy atom. The molecule has 1 atom stereocenters. The van der Waals surface area contributed by atoms with Crippen LogP contribution in [-0.4, -0.2) is 43.8 Å². The zero-order valence-electron chi connectivity index (χ0n) is 13.0. The van der Waals surface area contributed by atoms with Crippen LogP contribution in [0.2, 0.25) is 0 Å². The molecule has 6 nitrogen and oxygen atoms in total. The van der Waals surface area contributed by atoms with Crippen molar-refractivity contribution in [3.8, 4) is 0 Å². The van der Waals surface area contributed by atoms with Gasteiger partial charge in [-0.25, -0.2) is 4.79 Å². The number of nitrogens with one attached hydrogen (secondary N) is 1. The number of hydrogen-bond donors (Lipinski definition) is 1. The molecule has 0 unspecified atom stereocenters. The van der Waals surface area contributed by atoms with Gasteiger partial charge in [0.2, 0.25) is 5.91 Å². The maximum absolute atomic E-state index is 12.2. The molecular weight excluding hydrogens is 284 g/mol. The smallest absolute Gasteiger partial charge is 0.340 e. The summed E-state index contributed by atoms with van der Waals surface area (Å²) in [5, 5.41) is 3.57. The van der Waals surface area contributed by atoms with Gasteiger partial charge in [-0.2, -0.15) is 0 Å². The molecule has 1 aromatic heterocycles. The molecule has 1 N–H and O–H groups in total. The molecule has 22 heavy (non-hydrogen) atoms. The Bertz CT molecular complexity index is 678. The number of carbonyl (C=O) groups excluding carboxylic acids is 2. The molecule has 0 bridgehead atoms. The lowest BCUT2D eigenvalue weighted by Crippen LogP contribution is -2.33. The summed E-state index contributed by atoms with van der Waals surface area (Å²) in [6, 6.07) is 6.99. The van der Waals surface area contributed by atoms with Crippen molar-refractivity contribution in [3.63, 3.8) is 0 Å². The van der Waals surface area contributed by atoms with Crippen LogP contribution in [0.5, 0.6) is 0 Å². The summed E-state index contributed by atoms with van der Waals surface area (Å²) >= 11 is 0. The van der Waals surface area contributed by atoms with E-state index < -0.39 is 12.0 Å². The van der Waals surface area contributed by atoms with Gasteiger partial charge in [0.25, 0.3) is 0 Å². The Labute approximate surface area is 129 Å². The highest BCUT2D eigenvalue weighted by molar-refractivity contribution is 6.04. The minimum absolute atomic E-state index is 0.130. The zero-order chi connectivity index (χ0) is 16.1. The first kappa shape index (κ1) is 16.0. The van der Waals surface area contributed by atoms with Gasteiger partial charge < -0.3 is 19.4 Å². The van der Waals surface area contributed by atoms with Crippen molar-refractivity contribution in [1.82, 2.24) is 9.88 Å². The second kappa shape index (κ2) is 7.09. The Morgan fingerprint density at radius 2 is 2.00 bits per heavy atom. The van der Waals surface area contributed by atoms with Gasteiger partial charge in [-0.15, -0.1) is 0 Å². The SMILES string of the molecule is COCCNC(=O)[C@H](C)n1cc(C(=O)OC)c2ccccc21. The van der Waals surface area contributed by atoms with Gasteiger partial charge in [-0.3, -0.25) is 4.79 Å². The molecule has 2 aromatic rings. The third-order valence-electron chi connectivity index (χ3n) is 3.55. The number of fused-ring (bicyclic) bond motifs is 1. The maximum atomic E-state index is 12.2. The standard InChI is InChI=1S/C16H20N2O4/c1-11(15(19)17-8-9-21-2)18-10-13(16(20)22-3)12-6-4-5-7-14(12)18/h4-7,10-11H,8-9H2,1-3H3,(H,17,19)/t11-/m0/s1. The van der Waals surface area contributed by atoms with Crippen LogP contribution in [0.4, 0.5) is 0 Å². The number of carbonyl (C=O) groups is 2. The number of hydrogen-bond acceptors (Lipinski definition) is 4. The van der Waals surface area contributed by atoms with Crippen LogP contribution >= 0.6 is 0 Å². The van der Waals surface area contributed by atoms with E-state index in [0.717, 1.165) is 10.9 Å². The Balaban J connectivity index is 2.34. The normalized spacial score (nSPS) is 12.1. The molecule has 118 valence electrons. The Hall–Kier alpha value is -2.34. The number of nitrogens with zero attached hydrogens (tertiary/aromatic N) is 1. The summed E-state index contributed by atoms with van der Waals surface area (Å²) in [4.78, 5) is 24.1. The van der Waals surface area contributed by atoms with Crippen molar-refractivity contribution in [2.24, 2.45) is 0 Å². The van der Waals surface area contributed by atoms with E-state index >= 15 is 0 Å². The number of esters is 1. The van der Waals surface area contributed by atoms with E-state index in [0.29, 0.717) is 18.7 Å². The Kier molecular flexibility index (Phi) is 5.16. The lowest BCUT2D eigenvalue weighted by Gasteiger charge is -2.15. The van der Waals surface area contributed by atoms with Gasteiger partial charge in [-0.05, 0) is 13.0 Å². The summed E-state index contributed by atoms with van der Waals surface area (Å²) < 4.78 is 11.5. The second-order valence-electron chi connectivity index (χ2n) is 4.92. The van der Waals surface area contributed by atoms with Crippen molar-refractivity contribution in [2.45, 2.75) is 13.0 Å². The van der Waals surface area contributed by atoms with Gasteiger partial charge in [0.05, 0.1) is 19.3 Å². The van der Waals surface area contributed by atoms with Gasteiger partial charge in [0, 0.05) is 30.8 Å². The van der Waals surface area contributed by atoms with E-state index in [1.54, 1.807) is 24.8 Å². The van der Waals surface area contributed by atoms with Gasteiger partial charge in [0.15, 0.2) is 0 Å². The number of ether oxygens (including phenoxy) is 2. The minimum Gasteiger partial charge on any atom is -0.465 e. The minimum atomic E-state index is -0.444. The molecule has 0 aliphatic heterocycles. The molecular formula is C16H20N2O4. The van der Waals surface area contributed by atoms with E-state index in [1.807, 2.05) is 24.3 Å². The van der Waals surface area contributed by atoms with Crippen molar-refractivity contribution in [1.29, 1.82) is 0 Å². The predicted octanol–water partition coefficient (Wildman–Crippen LogP) is 1.75. The van der Waals surface area contributed by atoms with Crippen LogP contribution in [0, 0.1) is 0 Å². The average molecular weight is 304 g/mol. The van der Waals surface area contributed by atoms with Gasteiger partial charge >= 0.3 is 5.97 Å². The van der Waals surface area contributed by atoms with Crippen molar-refractivity contribution in [2.75, 3.05) is 27.4 Å². The van der Waals surface area contributed by atoms with Crippen LogP contribution in [0.1, 0.15) is 23.3 Å². The summed E-state index contributed by atoms with van der Waals surface area (Å²) in [6.45, 7) is 2.69. The molecule has 2 rings (SSSR count). The first-order valence-corrected chi connectivity index (χ1v) is 7.04. The van der Waals surface area contributed by atoms with Crippen molar-refractivity contribution >= 4 is 22.8 Å². The highest BCUT2D eigenvalue weighted by atomic mass is 16.5. The zero-order valence-corrected chi connectivity index (χ0v) is 13.0. The van der Waals surface area contributed by atoms with Crippen LogP contribution < -0.4 is 5.32 Å². The number of benzene rings is 1. The molecule has 0 saturated heterocycles. The van der Waals surface area contributed by atoms with E-state index in [4.69, 9.17) is 9.47 Å². The molecule has 0 radical (unpaired) electrons. The summed E-state index contributed by atoms with van der Waals surface area (Å²) in [5.74, 6) is -0.545. The number of methoxy groups -OCH3 is 2. The quantitative estimate of drug-likeness (QED) is 0.652. The fraction of sp³-hybridized carbons (Fsp3) is 0.375. The lowest BCUT2D eigenvalue weighted by atomic mass is 10.2. The monoisotopic (exact) mass is 304 g/mol. The molecule has 0 fully saturated rings. The lowest BCUT2D eigenvalue weighted by molar-refractivity contribution is -0.123. The highest BCUT2D eigenvalue weighted by Gasteiger charge is 2.21. The predicted molar refractivity (Wildman–Crippen MR) is 82.9 cm³/mol. The average Bonchev–Trinajstić information content (AvgIpc) is 2.93. The van der Waals surface area contributed by atoms with E-state index in [9.17, 15) is 9.59 Å². The van der Waals surface area contributed by atoms with Crippen molar-refractivity contribution in [3.05, 3.63) is 36.0 Å². The molecule has 6 heteroatoms. The third kappa shape index (κ3) is 3.12. The maximum Gasteiger partial charge on any atom is 0.340 e. The molecule has 1 aromatic carbocycles. The second-order valence-corrected chi connectivity index (χ2v) is 4.92. The van der Waals surface area contributed by atoms with Crippen LogP contribution in [0.25, 0.3) is 10.9 Å². The van der Waals surface area contributed by atoms with Crippen LogP contribution in [0.15, 0.2) is 30.5 Å². The van der Waals surface area contributed by atoms with Crippen LogP contribution in [0.3, 0.4) is 0 Å². The van der Waals surface area contributed by atoms with Crippen molar-refractivity contribution < 1.29 is 19.1 Å². The number of aromatic nitrogens is 1. The first-order valence-electron chi connectivity index (χ1n) is 7.04. The number of amides is 1. The molecule has 1 heterocycles. The fourth-order valence-electron chi connectivity index (χ4n) is 2.35. The summed E-state index contributed by atoms with van der Waals surface area (Å²) in [6.07, 6.45) is 1.66. The molecule has 0 aliphatic carbocycles. The highest BCUT2D eigenvalue weighted by Crippen LogP contribution is 2.25. The third-order valence-corrected chi connectivity index (χ3v) is 3.55. The molecule has 0 saturated carbocycles. The van der Waals surface area contributed by atoms with E-state index in [2.05, 4.69) is 5.32 Å². The summed E-state index contributed by atoms with van der Waals surface area (Å²) in [5.41, 5.74) is 1.27. The van der Waals surface area contributed by atoms with E-state index in [-0.39, 0.29) is 5.91 Å². The largest absolute Gasteiger partial charge is 0.465 e. The molecule has 1 amide bonds. The molecule has 0 aliphatic rings. The first-order chi connectivity index (χ1) is 10.6. The fourth-order valence-corrected chi connectivity index (χ4v) is 2.35. The van der Waals surface area contributed by atoms with Gasteiger partial charge in [-0.1, -0.05) is 18.2 Å². The number of rotatable bonds is 6. The topological polar surface area (TPSA) is 69.6 Å². The van der Waals surface area contributed by atoms with E-state index in [1.165, 1.54) is 7.11 Å².